The first kappa shape index (κ1) is 15.9. The second-order valence-electron chi connectivity index (χ2n) is 0.524. The van der Waals surface area contributed by atoms with Gasteiger partial charge in [-0.2, -0.15) is 0 Å². The maximum atomic E-state index is 8.63. The molecule has 0 unspecified atom stereocenters. The molecule has 0 amide bonds. The molecule has 9 heavy (non-hydrogen) atoms. The van der Waals surface area contributed by atoms with Crippen molar-refractivity contribution in [1.82, 2.24) is 0 Å². The molecule has 0 saturated heterocycles. The smallest absolute Gasteiger partial charge is 0.726 e. The average molecular weight is 201 g/mol. The first-order valence-corrected chi connectivity index (χ1v) is 2.52. The summed E-state index contributed by atoms with van der Waals surface area (Å²) >= 11 is 0. The molecule has 0 atom stereocenters. The quantitative estimate of drug-likeness (QED) is 0.198. The van der Waals surface area contributed by atoms with Crippen LogP contribution in [0.2, 0.25) is 0 Å². The van der Waals surface area contributed by atoms with Crippen LogP contribution in [0.4, 0.5) is 0 Å². The van der Waals surface area contributed by atoms with Gasteiger partial charge in [-0.1, -0.05) is 0 Å². The fraction of sp³-hybridized carbons (Fsp3) is 0. The second-order valence-corrected chi connectivity index (χ2v) is 1.38. The number of carbonyl (C=O) groups excluding carboxylic acids is 1. The molecule has 0 aliphatic carbocycles. The summed E-state index contributed by atoms with van der Waals surface area (Å²) in [6.07, 6.45) is 0. The largest absolute Gasteiger partial charge is 2.00 e. The zero-order valence-corrected chi connectivity index (χ0v) is 5.59. The maximum Gasteiger partial charge on any atom is 2.00 e. The van der Waals surface area contributed by atoms with Gasteiger partial charge < -0.3 is 14.5 Å². The Labute approximate surface area is 61.4 Å². The van der Waals surface area contributed by atoms with E-state index in [0.717, 1.165) is 0 Å². The van der Waals surface area contributed by atoms with E-state index in [0.29, 0.717) is 0 Å². The van der Waals surface area contributed by atoms with Gasteiger partial charge in [0.05, 0.1) is 0 Å². The summed E-state index contributed by atoms with van der Waals surface area (Å²) in [7, 11) is -4.92. The Morgan fingerprint density at radius 3 is 1.44 bits per heavy atom. The minimum atomic E-state index is -4.92. The number of carbonyl (C=O) groups is 1. The van der Waals surface area contributed by atoms with Gasteiger partial charge in [-0.3, -0.25) is 4.55 Å². The van der Waals surface area contributed by atoms with Gasteiger partial charge in [-0.15, -0.1) is 0 Å². The van der Waals surface area contributed by atoms with E-state index in [4.69, 9.17) is 27.4 Å². The molecule has 0 heterocycles. The monoisotopic (exact) mass is 200 g/mol. The Balaban J connectivity index is -0.0000000800. The van der Waals surface area contributed by atoms with Crippen molar-refractivity contribution >= 4 is 16.9 Å². The maximum absolute atomic E-state index is 8.63. The molecule has 0 aromatic heterocycles. The molecule has 0 spiro atoms. The summed E-state index contributed by atoms with van der Waals surface area (Å²) in [6, 6.07) is 0. The van der Waals surface area contributed by atoms with Gasteiger partial charge in [0, 0.05) is 6.47 Å². The molecule has 0 saturated carbocycles. The molecule has 0 fully saturated rings. The molecule has 8 heteroatoms. The third kappa shape index (κ3) is 9620. The SMILES string of the molecule is O=C[O-].O=S(=O)([O-])O.[Ni+2]. The van der Waals surface area contributed by atoms with Crippen molar-refractivity contribution in [3.05, 3.63) is 0 Å². The summed E-state index contributed by atoms with van der Waals surface area (Å²) in [4.78, 5) is 8.25. The van der Waals surface area contributed by atoms with E-state index >= 15 is 0 Å². The standard InChI is InChI=1S/CH2O2.Ni.H2O4S/c2-1-3;;1-5(2,3)4/h1H,(H,2,3);;(H2,1,2,3,4)/q;+2;/p-2. The molecule has 0 bridgehead atoms. The van der Waals surface area contributed by atoms with Crippen LogP contribution in [-0.2, 0) is 31.7 Å². The Kier molecular flexibility index (Phi) is 13.9. The molecule has 1 N–H and O–H groups in total. The van der Waals surface area contributed by atoms with Crippen LogP contribution in [0.25, 0.3) is 0 Å². The molecular weight excluding hydrogens is 199 g/mol. The number of rotatable bonds is 0. The van der Waals surface area contributed by atoms with E-state index in [1.165, 1.54) is 0 Å². The zero-order chi connectivity index (χ0) is 7.21. The van der Waals surface area contributed by atoms with Gasteiger partial charge in [-0.05, 0) is 0 Å². The van der Waals surface area contributed by atoms with Crippen LogP contribution in [0.1, 0.15) is 0 Å². The summed E-state index contributed by atoms with van der Waals surface area (Å²) in [5.74, 6) is 0. The van der Waals surface area contributed by atoms with Crippen molar-refractivity contribution in [1.29, 1.82) is 0 Å². The van der Waals surface area contributed by atoms with Crippen molar-refractivity contribution in [2.75, 3.05) is 0 Å². The van der Waals surface area contributed by atoms with Gasteiger partial charge in [0.25, 0.3) is 0 Å². The molecular formula is CH2NiO6S. The van der Waals surface area contributed by atoms with Crippen molar-refractivity contribution in [3.63, 3.8) is 0 Å². The van der Waals surface area contributed by atoms with E-state index in [1.54, 1.807) is 0 Å². The predicted octanol–water partition coefficient (Wildman–Crippen LogP) is -2.63. The van der Waals surface area contributed by atoms with Crippen LogP contribution in [0.3, 0.4) is 0 Å². The predicted molar refractivity (Wildman–Crippen MR) is 18.4 cm³/mol. The van der Waals surface area contributed by atoms with Gasteiger partial charge in [-0.25, -0.2) is 8.42 Å². The molecule has 0 aliphatic heterocycles. The summed E-state index contributed by atoms with van der Waals surface area (Å²) in [6.45, 7) is -0.500. The zero-order valence-electron chi connectivity index (χ0n) is 3.79. The van der Waals surface area contributed by atoms with E-state index < -0.39 is 16.9 Å². The van der Waals surface area contributed by atoms with Crippen molar-refractivity contribution in [3.8, 4) is 0 Å². The first-order chi connectivity index (χ1) is 3.41. The van der Waals surface area contributed by atoms with Crippen LogP contribution in [0, 0.1) is 0 Å². The summed E-state index contributed by atoms with van der Waals surface area (Å²) in [5, 5.41) is 8.25. The van der Waals surface area contributed by atoms with Crippen LogP contribution in [0.15, 0.2) is 0 Å². The Morgan fingerprint density at radius 1 is 1.44 bits per heavy atom. The van der Waals surface area contributed by atoms with E-state index in [1.807, 2.05) is 0 Å². The normalized spacial score (nSPS) is 7.78. The third-order valence-electron chi connectivity index (χ3n) is 0. The van der Waals surface area contributed by atoms with Crippen LogP contribution in [0.5, 0.6) is 0 Å². The molecule has 58 valence electrons. The fourth-order valence-electron chi connectivity index (χ4n) is 0. The summed E-state index contributed by atoms with van der Waals surface area (Å²) in [5.41, 5.74) is 0. The molecule has 0 aromatic rings. The first-order valence-electron chi connectivity index (χ1n) is 1.15. The Bertz CT molecular complexity index is 127. The Hall–Kier alpha value is -0.166. The van der Waals surface area contributed by atoms with Crippen molar-refractivity contribution < 1.29 is 43.9 Å². The molecule has 0 radical (unpaired) electrons. The molecule has 6 nitrogen and oxygen atoms in total. The van der Waals surface area contributed by atoms with Crippen molar-refractivity contribution in [2.24, 2.45) is 0 Å². The number of hydrogen-bond donors (Lipinski definition) is 1. The van der Waals surface area contributed by atoms with Crippen LogP contribution in [-0.4, -0.2) is 24.0 Å². The third-order valence-corrected chi connectivity index (χ3v) is 0. The van der Waals surface area contributed by atoms with Crippen LogP contribution >= 0.6 is 0 Å². The van der Waals surface area contributed by atoms with Crippen molar-refractivity contribution in [2.45, 2.75) is 0 Å². The summed E-state index contributed by atoms with van der Waals surface area (Å²) < 4.78 is 32.8. The minimum Gasteiger partial charge on any atom is -0.726 e. The van der Waals surface area contributed by atoms with Gasteiger partial charge in [0.15, 0.2) is 0 Å². The Morgan fingerprint density at radius 2 is 1.44 bits per heavy atom. The van der Waals surface area contributed by atoms with Crippen LogP contribution < -0.4 is 5.11 Å². The fourth-order valence-corrected chi connectivity index (χ4v) is 0. The van der Waals surface area contributed by atoms with Gasteiger partial charge >= 0.3 is 16.5 Å². The molecule has 0 aliphatic rings. The second kappa shape index (κ2) is 7.83. The van der Waals surface area contributed by atoms with E-state index in [2.05, 4.69) is 0 Å². The van der Waals surface area contributed by atoms with E-state index in [9.17, 15) is 0 Å². The molecule has 0 rings (SSSR count). The topological polar surface area (TPSA) is 118 Å². The average Bonchev–Trinajstić information content (AvgIpc) is 1.27. The van der Waals surface area contributed by atoms with Gasteiger partial charge in [0.2, 0.25) is 10.4 Å². The van der Waals surface area contributed by atoms with E-state index in [-0.39, 0.29) is 16.5 Å². The number of carboxylic acid groups (broad SMARTS) is 1. The number of hydrogen-bond acceptors (Lipinski definition) is 5. The molecule has 0 aromatic carbocycles. The van der Waals surface area contributed by atoms with Gasteiger partial charge in [0.1, 0.15) is 0 Å². The minimum absolute atomic E-state index is 0.